The molecule has 0 heterocycles. The number of likely N-dealkylation sites (N-methyl/N-ethyl adjacent to an activating group) is 1. The lowest BCUT2D eigenvalue weighted by Crippen LogP contribution is -2.42. The van der Waals surface area contributed by atoms with Crippen molar-refractivity contribution in [1.82, 2.24) is 4.90 Å². The number of hydrogen-bond donors (Lipinski definition) is 1. The van der Waals surface area contributed by atoms with Crippen molar-refractivity contribution in [2.45, 2.75) is 25.9 Å². The van der Waals surface area contributed by atoms with Crippen molar-refractivity contribution in [2.24, 2.45) is 5.73 Å². The second-order valence-electron chi connectivity index (χ2n) is 4.55. The summed E-state index contributed by atoms with van der Waals surface area (Å²) >= 11 is 0. The highest BCUT2D eigenvalue weighted by Gasteiger charge is 2.25. The van der Waals surface area contributed by atoms with Crippen LogP contribution in [0.3, 0.4) is 0 Å². The van der Waals surface area contributed by atoms with Gasteiger partial charge in [0, 0.05) is 31.3 Å². The van der Waals surface area contributed by atoms with Gasteiger partial charge >= 0.3 is 0 Å². The summed E-state index contributed by atoms with van der Waals surface area (Å²) in [5.41, 5.74) is 6.20. The molecule has 0 aliphatic heterocycles. The van der Waals surface area contributed by atoms with Crippen molar-refractivity contribution in [3.8, 4) is 0 Å². The molecule has 2 unspecified atom stereocenters. The first-order valence-electron chi connectivity index (χ1n) is 6.44. The summed E-state index contributed by atoms with van der Waals surface area (Å²) in [4.78, 5) is 2.06. The van der Waals surface area contributed by atoms with Crippen molar-refractivity contribution in [1.29, 1.82) is 0 Å². The van der Waals surface area contributed by atoms with Gasteiger partial charge in [-0.2, -0.15) is 0 Å². The highest BCUT2D eigenvalue weighted by Crippen LogP contribution is 2.25. The second-order valence-corrected chi connectivity index (χ2v) is 4.55. The Labute approximate surface area is 113 Å². The maximum atomic E-state index is 13.9. The standard InChI is InChI=1S/C14H22F2N2O/c1-4-18(10(2)9-19-3)14(8-17)12-6-5-11(15)7-13(12)16/h5-7,10,14H,4,8-9,17H2,1-3H3. The number of nitrogens with two attached hydrogens (primary N) is 1. The largest absolute Gasteiger partial charge is 0.383 e. The second kappa shape index (κ2) is 7.53. The monoisotopic (exact) mass is 272 g/mol. The maximum absolute atomic E-state index is 13.9. The number of hydrogen-bond acceptors (Lipinski definition) is 3. The van der Waals surface area contributed by atoms with Gasteiger partial charge in [-0.1, -0.05) is 13.0 Å². The van der Waals surface area contributed by atoms with E-state index in [9.17, 15) is 8.78 Å². The number of halogens is 2. The van der Waals surface area contributed by atoms with Crippen molar-refractivity contribution in [3.05, 3.63) is 35.4 Å². The van der Waals surface area contributed by atoms with Crippen LogP contribution in [-0.2, 0) is 4.74 Å². The zero-order valence-corrected chi connectivity index (χ0v) is 11.7. The molecule has 2 atom stereocenters. The average molecular weight is 272 g/mol. The Balaban J connectivity index is 3.02. The molecule has 1 aromatic carbocycles. The molecule has 0 aromatic heterocycles. The fraction of sp³-hybridized carbons (Fsp3) is 0.571. The van der Waals surface area contributed by atoms with Gasteiger partial charge in [-0.15, -0.1) is 0 Å². The molecule has 1 aromatic rings. The van der Waals surface area contributed by atoms with Crippen LogP contribution in [0.4, 0.5) is 8.78 Å². The lowest BCUT2D eigenvalue weighted by atomic mass is 10.0. The molecule has 5 heteroatoms. The van der Waals surface area contributed by atoms with Crippen LogP contribution in [0.15, 0.2) is 18.2 Å². The fourth-order valence-corrected chi connectivity index (χ4v) is 2.39. The third-order valence-electron chi connectivity index (χ3n) is 3.28. The predicted molar refractivity (Wildman–Crippen MR) is 71.9 cm³/mol. The summed E-state index contributed by atoms with van der Waals surface area (Å²) in [7, 11) is 1.63. The Morgan fingerprint density at radius 2 is 2.05 bits per heavy atom. The van der Waals surface area contributed by atoms with Crippen LogP contribution in [0, 0.1) is 11.6 Å². The van der Waals surface area contributed by atoms with E-state index in [1.54, 1.807) is 7.11 Å². The van der Waals surface area contributed by atoms with Crippen LogP contribution in [-0.4, -0.2) is 37.7 Å². The first-order chi connectivity index (χ1) is 9.04. The summed E-state index contributed by atoms with van der Waals surface area (Å²) in [6.07, 6.45) is 0. The number of ether oxygens (including phenoxy) is 1. The molecule has 0 saturated carbocycles. The van der Waals surface area contributed by atoms with Crippen LogP contribution in [0.25, 0.3) is 0 Å². The van der Waals surface area contributed by atoms with E-state index in [1.807, 2.05) is 13.8 Å². The van der Waals surface area contributed by atoms with Crippen molar-refractivity contribution in [3.63, 3.8) is 0 Å². The molecule has 0 aliphatic rings. The molecule has 0 spiro atoms. The Morgan fingerprint density at radius 3 is 2.53 bits per heavy atom. The Bertz CT molecular complexity index is 401. The topological polar surface area (TPSA) is 38.5 Å². The quantitative estimate of drug-likeness (QED) is 0.828. The number of benzene rings is 1. The third-order valence-corrected chi connectivity index (χ3v) is 3.28. The zero-order valence-electron chi connectivity index (χ0n) is 11.7. The summed E-state index contributed by atoms with van der Waals surface area (Å²) < 4.78 is 32.0. The molecule has 0 aliphatic carbocycles. The van der Waals surface area contributed by atoms with E-state index in [-0.39, 0.29) is 18.6 Å². The molecule has 0 fully saturated rings. The first kappa shape index (κ1) is 16.0. The first-order valence-corrected chi connectivity index (χ1v) is 6.44. The van der Waals surface area contributed by atoms with E-state index in [0.717, 1.165) is 6.07 Å². The molecule has 1 rings (SSSR count). The normalized spacial score (nSPS) is 14.7. The minimum atomic E-state index is -0.579. The van der Waals surface area contributed by atoms with Crippen LogP contribution >= 0.6 is 0 Å². The SMILES string of the molecule is CCN(C(C)COC)C(CN)c1ccc(F)cc1F. The van der Waals surface area contributed by atoms with Gasteiger partial charge in [0.1, 0.15) is 11.6 Å². The molecule has 3 nitrogen and oxygen atoms in total. The van der Waals surface area contributed by atoms with Gasteiger partial charge in [-0.25, -0.2) is 8.78 Å². The van der Waals surface area contributed by atoms with Crippen molar-refractivity contribution >= 4 is 0 Å². The van der Waals surface area contributed by atoms with Gasteiger partial charge in [0.15, 0.2) is 0 Å². The lowest BCUT2D eigenvalue weighted by molar-refractivity contribution is 0.0740. The molecule has 0 amide bonds. The predicted octanol–water partition coefficient (Wildman–Crippen LogP) is 2.32. The molecular formula is C14H22F2N2O. The van der Waals surface area contributed by atoms with Crippen LogP contribution in [0.1, 0.15) is 25.5 Å². The Kier molecular flexibility index (Phi) is 6.34. The summed E-state index contributed by atoms with van der Waals surface area (Å²) in [5.74, 6) is -1.14. The van der Waals surface area contributed by atoms with Crippen LogP contribution in [0.2, 0.25) is 0 Å². The van der Waals surface area contributed by atoms with Gasteiger partial charge in [0.25, 0.3) is 0 Å². The molecule has 2 N–H and O–H groups in total. The van der Waals surface area contributed by atoms with E-state index in [1.165, 1.54) is 12.1 Å². The van der Waals surface area contributed by atoms with Gasteiger partial charge < -0.3 is 10.5 Å². The van der Waals surface area contributed by atoms with E-state index in [4.69, 9.17) is 10.5 Å². The molecule has 0 bridgehead atoms. The average Bonchev–Trinajstić information content (AvgIpc) is 2.37. The van der Waals surface area contributed by atoms with Crippen LogP contribution in [0.5, 0.6) is 0 Å². The summed E-state index contributed by atoms with van der Waals surface area (Å²) in [5, 5.41) is 0. The highest BCUT2D eigenvalue weighted by molar-refractivity contribution is 5.23. The number of methoxy groups -OCH3 is 1. The van der Waals surface area contributed by atoms with E-state index in [2.05, 4.69) is 4.90 Å². The van der Waals surface area contributed by atoms with Crippen LogP contribution < -0.4 is 5.73 Å². The van der Waals surface area contributed by atoms with Gasteiger partial charge in [0.2, 0.25) is 0 Å². The molecule has 0 saturated heterocycles. The Hall–Kier alpha value is -1.04. The molecule has 0 radical (unpaired) electrons. The molecular weight excluding hydrogens is 250 g/mol. The fourth-order valence-electron chi connectivity index (χ4n) is 2.39. The third kappa shape index (κ3) is 3.96. The minimum Gasteiger partial charge on any atom is -0.383 e. The lowest BCUT2D eigenvalue weighted by Gasteiger charge is -2.35. The van der Waals surface area contributed by atoms with Gasteiger partial charge in [0.05, 0.1) is 12.6 Å². The van der Waals surface area contributed by atoms with Crippen molar-refractivity contribution < 1.29 is 13.5 Å². The molecule has 108 valence electrons. The van der Waals surface area contributed by atoms with Crippen molar-refractivity contribution in [2.75, 3.05) is 26.8 Å². The Morgan fingerprint density at radius 1 is 1.37 bits per heavy atom. The highest BCUT2D eigenvalue weighted by atomic mass is 19.1. The van der Waals surface area contributed by atoms with Gasteiger partial charge in [-0.3, -0.25) is 4.90 Å². The smallest absolute Gasteiger partial charge is 0.130 e. The van der Waals surface area contributed by atoms with Gasteiger partial charge in [-0.05, 0) is 19.5 Å². The number of rotatable bonds is 7. The number of nitrogens with zero attached hydrogens (tertiary/aromatic N) is 1. The van der Waals surface area contributed by atoms with E-state index < -0.39 is 11.6 Å². The molecule has 19 heavy (non-hydrogen) atoms. The maximum Gasteiger partial charge on any atom is 0.130 e. The van der Waals surface area contributed by atoms with E-state index >= 15 is 0 Å². The summed E-state index contributed by atoms with van der Waals surface area (Å²) in [6.45, 7) is 5.49. The summed E-state index contributed by atoms with van der Waals surface area (Å²) in [6, 6.07) is 3.44. The zero-order chi connectivity index (χ0) is 14.4. The van der Waals surface area contributed by atoms with E-state index in [0.29, 0.717) is 18.7 Å². The minimum absolute atomic E-state index is 0.105.